The van der Waals surface area contributed by atoms with Gasteiger partial charge in [0.2, 0.25) is 5.88 Å². The van der Waals surface area contributed by atoms with Crippen molar-refractivity contribution in [1.82, 2.24) is 10.3 Å². The van der Waals surface area contributed by atoms with Gasteiger partial charge in [0, 0.05) is 18.2 Å². The Balaban J connectivity index is 1.62. The van der Waals surface area contributed by atoms with E-state index in [1.54, 1.807) is 7.11 Å². The van der Waals surface area contributed by atoms with Gasteiger partial charge in [-0.15, -0.1) is 0 Å². The molecular formula is C16H25N3O. The Morgan fingerprint density at radius 2 is 2.15 bits per heavy atom. The zero-order valence-corrected chi connectivity index (χ0v) is 12.3. The lowest BCUT2D eigenvalue weighted by atomic mass is 9.88. The molecule has 2 fully saturated rings. The molecule has 110 valence electrons. The highest BCUT2D eigenvalue weighted by Gasteiger charge is 2.34. The Morgan fingerprint density at radius 3 is 2.85 bits per heavy atom. The number of hydrogen-bond donors (Lipinski definition) is 2. The summed E-state index contributed by atoms with van der Waals surface area (Å²) < 4.78 is 5.11. The molecule has 0 bridgehead atoms. The summed E-state index contributed by atoms with van der Waals surface area (Å²) in [5.41, 5.74) is 1.11. The van der Waals surface area contributed by atoms with Gasteiger partial charge in [0.15, 0.2) is 0 Å². The monoisotopic (exact) mass is 275 g/mol. The normalized spacial score (nSPS) is 30.1. The van der Waals surface area contributed by atoms with Crippen LogP contribution in [-0.2, 0) is 0 Å². The maximum absolute atomic E-state index is 5.11. The molecule has 0 spiro atoms. The average molecular weight is 275 g/mol. The van der Waals surface area contributed by atoms with Crippen LogP contribution in [0.5, 0.6) is 5.88 Å². The molecule has 4 heteroatoms. The van der Waals surface area contributed by atoms with Crippen molar-refractivity contribution in [2.24, 2.45) is 5.92 Å². The molecule has 2 aliphatic rings. The predicted molar refractivity (Wildman–Crippen MR) is 81.2 cm³/mol. The van der Waals surface area contributed by atoms with Crippen LogP contribution in [0.3, 0.4) is 0 Å². The molecule has 3 atom stereocenters. The first kappa shape index (κ1) is 13.7. The average Bonchev–Trinajstić information content (AvgIpc) is 2.97. The van der Waals surface area contributed by atoms with E-state index in [2.05, 4.69) is 21.7 Å². The molecule has 2 heterocycles. The highest BCUT2D eigenvalue weighted by molar-refractivity contribution is 5.43. The number of aromatic nitrogens is 1. The fraction of sp³-hybridized carbons (Fsp3) is 0.688. The summed E-state index contributed by atoms with van der Waals surface area (Å²) in [6.07, 6.45) is 9.89. The van der Waals surface area contributed by atoms with Crippen molar-refractivity contribution in [3.05, 3.63) is 18.3 Å². The van der Waals surface area contributed by atoms with E-state index in [0.29, 0.717) is 18.0 Å². The molecule has 2 N–H and O–H groups in total. The predicted octanol–water partition coefficient (Wildman–Crippen LogP) is 2.81. The van der Waals surface area contributed by atoms with Crippen LogP contribution >= 0.6 is 0 Å². The molecule has 1 saturated heterocycles. The SMILES string of the molecule is COc1ccc(NC2CCCC2C2CCCCN2)cn1. The minimum atomic E-state index is 0.584. The zero-order chi connectivity index (χ0) is 13.8. The molecule has 0 aromatic carbocycles. The van der Waals surface area contributed by atoms with Crippen LogP contribution in [0.15, 0.2) is 18.3 Å². The van der Waals surface area contributed by atoms with Gasteiger partial charge < -0.3 is 15.4 Å². The number of anilines is 1. The van der Waals surface area contributed by atoms with Gasteiger partial charge in [-0.2, -0.15) is 0 Å². The largest absolute Gasteiger partial charge is 0.481 e. The van der Waals surface area contributed by atoms with Gasteiger partial charge in [-0.3, -0.25) is 0 Å². The van der Waals surface area contributed by atoms with Gasteiger partial charge in [-0.05, 0) is 44.2 Å². The van der Waals surface area contributed by atoms with Gasteiger partial charge in [-0.25, -0.2) is 4.98 Å². The summed E-state index contributed by atoms with van der Waals surface area (Å²) in [6.45, 7) is 1.19. The fourth-order valence-corrected chi connectivity index (χ4v) is 3.69. The first-order valence-electron chi connectivity index (χ1n) is 7.87. The van der Waals surface area contributed by atoms with Crippen LogP contribution in [0.1, 0.15) is 38.5 Å². The Morgan fingerprint density at radius 1 is 1.20 bits per heavy atom. The molecule has 0 radical (unpaired) electrons. The third-order valence-corrected chi connectivity index (χ3v) is 4.73. The van der Waals surface area contributed by atoms with Crippen LogP contribution < -0.4 is 15.4 Å². The second kappa shape index (κ2) is 6.44. The number of pyridine rings is 1. The fourth-order valence-electron chi connectivity index (χ4n) is 3.69. The quantitative estimate of drug-likeness (QED) is 0.887. The van der Waals surface area contributed by atoms with Crippen molar-refractivity contribution in [2.45, 2.75) is 50.6 Å². The summed E-state index contributed by atoms with van der Waals surface area (Å²) >= 11 is 0. The molecular weight excluding hydrogens is 250 g/mol. The van der Waals surface area contributed by atoms with E-state index in [1.165, 1.54) is 45.1 Å². The number of rotatable bonds is 4. The summed E-state index contributed by atoms with van der Waals surface area (Å²) in [5.74, 6) is 1.44. The van der Waals surface area contributed by atoms with Gasteiger partial charge >= 0.3 is 0 Å². The molecule has 0 amide bonds. The van der Waals surface area contributed by atoms with Crippen molar-refractivity contribution in [2.75, 3.05) is 19.0 Å². The van der Waals surface area contributed by atoms with Gasteiger partial charge in [0.05, 0.1) is 19.0 Å². The van der Waals surface area contributed by atoms with Crippen molar-refractivity contribution in [3.63, 3.8) is 0 Å². The van der Waals surface area contributed by atoms with E-state index in [4.69, 9.17) is 4.74 Å². The second-order valence-electron chi connectivity index (χ2n) is 5.99. The maximum Gasteiger partial charge on any atom is 0.213 e. The number of piperidine rings is 1. The minimum absolute atomic E-state index is 0.584. The Kier molecular flexibility index (Phi) is 4.41. The first-order valence-corrected chi connectivity index (χ1v) is 7.87. The van der Waals surface area contributed by atoms with Gasteiger partial charge in [0.1, 0.15) is 0 Å². The maximum atomic E-state index is 5.11. The molecule has 20 heavy (non-hydrogen) atoms. The van der Waals surface area contributed by atoms with Crippen LogP contribution in [0.2, 0.25) is 0 Å². The molecule has 3 unspecified atom stereocenters. The van der Waals surface area contributed by atoms with E-state index < -0.39 is 0 Å². The molecule has 1 aromatic rings. The molecule has 1 aliphatic heterocycles. The number of ether oxygens (including phenoxy) is 1. The molecule has 4 nitrogen and oxygen atoms in total. The second-order valence-corrected chi connectivity index (χ2v) is 5.99. The standard InChI is InChI=1S/C16H25N3O/c1-20-16-9-8-12(11-18-16)19-15-7-4-5-13(15)14-6-2-3-10-17-14/h8-9,11,13-15,17,19H,2-7,10H2,1H3. The molecule has 1 aliphatic carbocycles. The van der Waals surface area contributed by atoms with Crippen molar-refractivity contribution >= 4 is 5.69 Å². The Hall–Kier alpha value is -1.29. The van der Waals surface area contributed by atoms with E-state index in [-0.39, 0.29) is 0 Å². The summed E-state index contributed by atoms with van der Waals surface area (Å²) in [5, 5.41) is 7.40. The smallest absolute Gasteiger partial charge is 0.213 e. The highest BCUT2D eigenvalue weighted by atomic mass is 16.5. The summed E-state index contributed by atoms with van der Waals surface area (Å²) in [7, 11) is 1.65. The van der Waals surface area contributed by atoms with E-state index in [0.717, 1.165) is 11.6 Å². The number of nitrogens with zero attached hydrogens (tertiary/aromatic N) is 1. The lowest BCUT2D eigenvalue weighted by Crippen LogP contribution is -2.44. The van der Waals surface area contributed by atoms with Crippen LogP contribution in [0, 0.1) is 5.92 Å². The topological polar surface area (TPSA) is 46.2 Å². The van der Waals surface area contributed by atoms with Crippen molar-refractivity contribution < 1.29 is 4.74 Å². The Bertz CT molecular complexity index is 414. The number of methoxy groups -OCH3 is 1. The highest BCUT2D eigenvalue weighted by Crippen LogP contribution is 2.33. The molecule has 3 rings (SSSR count). The van der Waals surface area contributed by atoms with Crippen LogP contribution in [0.25, 0.3) is 0 Å². The van der Waals surface area contributed by atoms with Crippen LogP contribution in [0.4, 0.5) is 5.69 Å². The van der Waals surface area contributed by atoms with E-state index in [1.807, 2.05) is 12.3 Å². The summed E-state index contributed by atoms with van der Waals surface area (Å²) in [6, 6.07) is 5.27. The molecule has 1 aromatic heterocycles. The van der Waals surface area contributed by atoms with Gasteiger partial charge in [-0.1, -0.05) is 12.8 Å². The summed E-state index contributed by atoms with van der Waals surface area (Å²) in [4.78, 5) is 4.28. The number of hydrogen-bond acceptors (Lipinski definition) is 4. The van der Waals surface area contributed by atoms with Crippen molar-refractivity contribution in [3.8, 4) is 5.88 Å². The van der Waals surface area contributed by atoms with Crippen LogP contribution in [-0.4, -0.2) is 30.7 Å². The van der Waals surface area contributed by atoms with E-state index in [9.17, 15) is 0 Å². The third kappa shape index (κ3) is 3.06. The zero-order valence-electron chi connectivity index (χ0n) is 12.3. The van der Waals surface area contributed by atoms with Crippen molar-refractivity contribution in [1.29, 1.82) is 0 Å². The van der Waals surface area contributed by atoms with Gasteiger partial charge in [0.25, 0.3) is 0 Å². The first-order chi connectivity index (χ1) is 9.86. The Labute approximate surface area is 121 Å². The third-order valence-electron chi connectivity index (χ3n) is 4.73. The lowest BCUT2D eigenvalue weighted by Gasteiger charge is -2.33. The lowest BCUT2D eigenvalue weighted by molar-refractivity contribution is 0.286. The van der Waals surface area contributed by atoms with E-state index >= 15 is 0 Å². The number of nitrogens with one attached hydrogen (secondary N) is 2. The molecule has 1 saturated carbocycles. The minimum Gasteiger partial charge on any atom is -0.481 e.